The van der Waals surface area contributed by atoms with Crippen molar-refractivity contribution in [3.8, 4) is 0 Å². The van der Waals surface area contributed by atoms with Gasteiger partial charge in [-0.2, -0.15) is 0 Å². The molecule has 4 heteroatoms. The molecule has 0 radical (unpaired) electrons. The highest BCUT2D eigenvalue weighted by molar-refractivity contribution is 5.90. The molecule has 18 heavy (non-hydrogen) atoms. The van der Waals surface area contributed by atoms with Crippen molar-refractivity contribution >= 4 is 11.6 Å². The first kappa shape index (κ1) is 12.4. The number of hydrogen-bond donors (Lipinski definition) is 2. The lowest BCUT2D eigenvalue weighted by atomic mass is 10.2. The standard InChI is InChI=1S/C14H16N2O2/c1-11-3-2-4-13(7-11)15-14(18)9-16-6-5-12(8-16)10-17/h2-8,17H,9-10H2,1H3,(H,15,18). The van der Waals surface area contributed by atoms with E-state index < -0.39 is 0 Å². The van der Waals surface area contributed by atoms with E-state index in [-0.39, 0.29) is 19.1 Å². The Kier molecular flexibility index (Phi) is 3.79. The maximum Gasteiger partial charge on any atom is 0.244 e. The summed E-state index contributed by atoms with van der Waals surface area (Å²) in [5, 5.41) is 11.8. The van der Waals surface area contributed by atoms with E-state index in [0.29, 0.717) is 0 Å². The number of aryl methyl sites for hydroxylation is 1. The molecule has 0 aliphatic rings. The van der Waals surface area contributed by atoms with Gasteiger partial charge in [-0.1, -0.05) is 12.1 Å². The van der Waals surface area contributed by atoms with Gasteiger partial charge in [0.05, 0.1) is 6.61 Å². The average Bonchev–Trinajstić information content (AvgIpc) is 2.76. The minimum Gasteiger partial charge on any atom is -0.392 e. The van der Waals surface area contributed by atoms with E-state index in [9.17, 15) is 4.79 Å². The van der Waals surface area contributed by atoms with Crippen molar-refractivity contribution in [1.82, 2.24) is 4.57 Å². The Morgan fingerprint density at radius 2 is 2.22 bits per heavy atom. The molecule has 1 aromatic carbocycles. The van der Waals surface area contributed by atoms with E-state index in [1.807, 2.05) is 31.2 Å². The molecule has 94 valence electrons. The Morgan fingerprint density at radius 3 is 2.89 bits per heavy atom. The van der Waals surface area contributed by atoms with Crippen LogP contribution >= 0.6 is 0 Å². The molecule has 1 heterocycles. The van der Waals surface area contributed by atoms with Gasteiger partial charge in [-0.25, -0.2) is 0 Å². The lowest BCUT2D eigenvalue weighted by Gasteiger charge is -2.06. The molecular weight excluding hydrogens is 228 g/mol. The van der Waals surface area contributed by atoms with Gasteiger partial charge in [0, 0.05) is 18.1 Å². The van der Waals surface area contributed by atoms with Crippen LogP contribution in [-0.2, 0) is 17.9 Å². The van der Waals surface area contributed by atoms with Crippen LogP contribution < -0.4 is 5.32 Å². The van der Waals surface area contributed by atoms with E-state index in [4.69, 9.17) is 5.11 Å². The smallest absolute Gasteiger partial charge is 0.244 e. The number of aliphatic hydroxyl groups excluding tert-OH is 1. The molecule has 0 aliphatic heterocycles. The summed E-state index contributed by atoms with van der Waals surface area (Å²) >= 11 is 0. The highest BCUT2D eigenvalue weighted by Gasteiger charge is 2.04. The number of rotatable bonds is 4. The Labute approximate surface area is 106 Å². The zero-order chi connectivity index (χ0) is 13.0. The number of carbonyl (C=O) groups is 1. The number of nitrogens with zero attached hydrogens (tertiary/aromatic N) is 1. The van der Waals surface area contributed by atoms with Crippen LogP contribution in [0.15, 0.2) is 42.7 Å². The van der Waals surface area contributed by atoms with Crippen LogP contribution in [0.5, 0.6) is 0 Å². The van der Waals surface area contributed by atoms with Crippen molar-refractivity contribution in [2.24, 2.45) is 0 Å². The van der Waals surface area contributed by atoms with Gasteiger partial charge < -0.3 is 15.0 Å². The molecule has 0 unspecified atom stereocenters. The van der Waals surface area contributed by atoms with Crippen molar-refractivity contribution in [2.75, 3.05) is 5.32 Å². The topological polar surface area (TPSA) is 54.3 Å². The Morgan fingerprint density at radius 1 is 1.39 bits per heavy atom. The molecule has 0 saturated carbocycles. The van der Waals surface area contributed by atoms with Gasteiger partial charge in [-0.3, -0.25) is 4.79 Å². The summed E-state index contributed by atoms with van der Waals surface area (Å²) in [5.41, 5.74) is 2.71. The highest BCUT2D eigenvalue weighted by atomic mass is 16.3. The molecule has 0 fully saturated rings. The number of hydrogen-bond acceptors (Lipinski definition) is 2. The maximum absolute atomic E-state index is 11.8. The maximum atomic E-state index is 11.8. The fourth-order valence-electron chi connectivity index (χ4n) is 1.77. The summed E-state index contributed by atoms with van der Waals surface area (Å²) in [6.45, 7) is 2.22. The van der Waals surface area contributed by atoms with Gasteiger partial charge >= 0.3 is 0 Å². The average molecular weight is 244 g/mol. The number of aliphatic hydroxyl groups is 1. The molecule has 0 bridgehead atoms. The Bertz CT molecular complexity index is 546. The predicted molar refractivity (Wildman–Crippen MR) is 70.2 cm³/mol. The number of amides is 1. The zero-order valence-electron chi connectivity index (χ0n) is 10.3. The molecule has 4 nitrogen and oxygen atoms in total. The number of aromatic nitrogens is 1. The lowest BCUT2D eigenvalue weighted by Crippen LogP contribution is -2.17. The molecular formula is C14H16N2O2. The summed E-state index contributed by atoms with van der Waals surface area (Å²) in [6, 6.07) is 9.46. The van der Waals surface area contributed by atoms with Crippen LogP contribution in [0.25, 0.3) is 0 Å². The number of carbonyl (C=O) groups excluding carboxylic acids is 1. The van der Waals surface area contributed by atoms with Crippen LogP contribution in [-0.4, -0.2) is 15.6 Å². The zero-order valence-corrected chi connectivity index (χ0v) is 10.3. The van der Waals surface area contributed by atoms with Gasteiger partial charge in [0.1, 0.15) is 6.54 Å². The van der Waals surface area contributed by atoms with Gasteiger partial charge in [0.15, 0.2) is 0 Å². The molecule has 1 amide bonds. The third-order valence-electron chi connectivity index (χ3n) is 2.62. The molecule has 1 aromatic heterocycles. The van der Waals surface area contributed by atoms with Gasteiger partial charge in [0.25, 0.3) is 0 Å². The monoisotopic (exact) mass is 244 g/mol. The second kappa shape index (κ2) is 5.51. The predicted octanol–water partition coefficient (Wildman–Crippen LogP) is 1.93. The Balaban J connectivity index is 1.96. The lowest BCUT2D eigenvalue weighted by molar-refractivity contribution is -0.116. The Hall–Kier alpha value is -2.07. The molecule has 0 spiro atoms. The van der Waals surface area contributed by atoms with E-state index in [1.54, 1.807) is 23.0 Å². The molecule has 0 atom stereocenters. The summed E-state index contributed by atoms with van der Waals surface area (Å²) in [6.07, 6.45) is 3.54. The fraction of sp³-hybridized carbons (Fsp3) is 0.214. The SMILES string of the molecule is Cc1cccc(NC(=O)Cn2ccc(CO)c2)c1. The highest BCUT2D eigenvalue weighted by Crippen LogP contribution is 2.09. The number of benzene rings is 1. The van der Waals surface area contributed by atoms with Gasteiger partial charge in [0.2, 0.25) is 5.91 Å². The fourth-order valence-corrected chi connectivity index (χ4v) is 1.77. The normalized spacial score (nSPS) is 10.3. The number of nitrogens with one attached hydrogen (secondary N) is 1. The van der Waals surface area contributed by atoms with Crippen molar-refractivity contribution in [3.05, 3.63) is 53.9 Å². The van der Waals surface area contributed by atoms with E-state index >= 15 is 0 Å². The van der Waals surface area contributed by atoms with Crippen LogP contribution in [0, 0.1) is 6.92 Å². The largest absolute Gasteiger partial charge is 0.392 e. The second-order valence-corrected chi connectivity index (χ2v) is 4.27. The minimum atomic E-state index is -0.0827. The summed E-state index contributed by atoms with van der Waals surface area (Å²) in [5.74, 6) is -0.0827. The molecule has 2 rings (SSSR count). The van der Waals surface area contributed by atoms with E-state index in [0.717, 1.165) is 16.8 Å². The first-order chi connectivity index (χ1) is 8.67. The van der Waals surface area contributed by atoms with Crippen LogP contribution in [0.3, 0.4) is 0 Å². The van der Waals surface area contributed by atoms with Crippen LogP contribution in [0.2, 0.25) is 0 Å². The van der Waals surface area contributed by atoms with Crippen LogP contribution in [0.1, 0.15) is 11.1 Å². The molecule has 0 saturated heterocycles. The summed E-state index contributed by atoms with van der Waals surface area (Å²) < 4.78 is 1.75. The molecule has 2 N–H and O–H groups in total. The van der Waals surface area contributed by atoms with Crippen molar-refractivity contribution in [1.29, 1.82) is 0 Å². The first-order valence-corrected chi connectivity index (χ1v) is 5.79. The first-order valence-electron chi connectivity index (χ1n) is 5.79. The third kappa shape index (κ3) is 3.21. The third-order valence-corrected chi connectivity index (χ3v) is 2.62. The second-order valence-electron chi connectivity index (χ2n) is 4.27. The van der Waals surface area contributed by atoms with Gasteiger partial charge in [-0.05, 0) is 36.2 Å². The minimum absolute atomic E-state index is 0.00744. The summed E-state index contributed by atoms with van der Waals surface area (Å²) in [4.78, 5) is 11.8. The van der Waals surface area contributed by atoms with E-state index in [2.05, 4.69) is 5.32 Å². The van der Waals surface area contributed by atoms with Crippen molar-refractivity contribution < 1.29 is 9.90 Å². The van der Waals surface area contributed by atoms with Gasteiger partial charge in [-0.15, -0.1) is 0 Å². The van der Waals surface area contributed by atoms with Crippen LogP contribution in [0.4, 0.5) is 5.69 Å². The van der Waals surface area contributed by atoms with E-state index in [1.165, 1.54) is 0 Å². The number of anilines is 1. The van der Waals surface area contributed by atoms with Crippen molar-refractivity contribution in [3.63, 3.8) is 0 Å². The molecule has 2 aromatic rings. The van der Waals surface area contributed by atoms with Crippen molar-refractivity contribution in [2.45, 2.75) is 20.1 Å². The quantitative estimate of drug-likeness (QED) is 0.863. The molecule has 0 aliphatic carbocycles. The summed E-state index contributed by atoms with van der Waals surface area (Å²) in [7, 11) is 0.